The van der Waals surface area contributed by atoms with Crippen molar-refractivity contribution < 1.29 is 13.9 Å². The van der Waals surface area contributed by atoms with Gasteiger partial charge in [0.2, 0.25) is 0 Å². The molecule has 106 valence electrons. The van der Waals surface area contributed by atoms with Gasteiger partial charge >= 0.3 is 0 Å². The van der Waals surface area contributed by atoms with Crippen LogP contribution in [0.25, 0.3) is 0 Å². The number of rotatable bonds is 7. The van der Waals surface area contributed by atoms with Gasteiger partial charge in [0.05, 0.1) is 0 Å². The fourth-order valence-corrected chi connectivity index (χ4v) is 1.58. The topological polar surface area (TPSA) is 50.4 Å². The summed E-state index contributed by atoms with van der Waals surface area (Å²) < 4.78 is 18.6. The molecule has 1 aromatic carbocycles. The third kappa shape index (κ3) is 5.26. The molecule has 4 nitrogen and oxygen atoms in total. The van der Waals surface area contributed by atoms with Crippen LogP contribution in [0.15, 0.2) is 18.2 Å². The van der Waals surface area contributed by atoms with Crippen LogP contribution in [0.5, 0.6) is 5.75 Å². The van der Waals surface area contributed by atoms with Crippen LogP contribution in [0.3, 0.4) is 0 Å². The average Bonchev–Trinajstić information content (AvgIpc) is 2.38. The van der Waals surface area contributed by atoms with E-state index in [0.717, 1.165) is 6.42 Å². The van der Waals surface area contributed by atoms with E-state index in [2.05, 4.69) is 10.6 Å². The number of benzene rings is 1. The monoisotopic (exact) mass is 268 g/mol. The molecule has 0 heterocycles. The molecular weight excluding hydrogens is 247 g/mol. The summed E-state index contributed by atoms with van der Waals surface area (Å²) in [7, 11) is 1.77. The first-order valence-electron chi connectivity index (χ1n) is 6.42. The molecule has 19 heavy (non-hydrogen) atoms. The number of nitrogens with one attached hydrogen (secondary N) is 2. The Bertz CT molecular complexity index is 424. The molecule has 1 unspecified atom stereocenters. The second kappa shape index (κ2) is 7.74. The van der Waals surface area contributed by atoms with Gasteiger partial charge in [-0.3, -0.25) is 4.79 Å². The lowest BCUT2D eigenvalue weighted by Crippen LogP contribution is -2.35. The first-order chi connectivity index (χ1) is 9.06. The van der Waals surface area contributed by atoms with E-state index in [9.17, 15) is 9.18 Å². The van der Waals surface area contributed by atoms with E-state index in [1.54, 1.807) is 13.1 Å². The lowest BCUT2D eigenvalue weighted by Gasteiger charge is -2.14. The Labute approximate surface area is 113 Å². The summed E-state index contributed by atoms with van der Waals surface area (Å²) in [4.78, 5) is 11.6. The Morgan fingerprint density at radius 3 is 2.84 bits per heavy atom. The van der Waals surface area contributed by atoms with Gasteiger partial charge in [0.1, 0.15) is 11.6 Å². The SMILES string of the molecule is CCC(C)NC(=O)COc1ccc(F)cc1CNC. The smallest absolute Gasteiger partial charge is 0.258 e. The summed E-state index contributed by atoms with van der Waals surface area (Å²) in [5.41, 5.74) is 0.693. The van der Waals surface area contributed by atoms with Crippen LogP contribution in [-0.4, -0.2) is 25.6 Å². The van der Waals surface area contributed by atoms with Crippen LogP contribution in [-0.2, 0) is 11.3 Å². The lowest BCUT2D eigenvalue weighted by molar-refractivity contribution is -0.123. The maximum atomic E-state index is 13.1. The summed E-state index contributed by atoms with van der Waals surface area (Å²) >= 11 is 0. The normalized spacial score (nSPS) is 12.0. The van der Waals surface area contributed by atoms with E-state index >= 15 is 0 Å². The van der Waals surface area contributed by atoms with Crippen molar-refractivity contribution in [3.63, 3.8) is 0 Å². The van der Waals surface area contributed by atoms with Gasteiger partial charge in [0.25, 0.3) is 5.91 Å². The molecule has 1 aromatic rings. The molecule has 0 aliphatic heterocycles. The molecule has 1 atom stereocenters. The molecule has 1 rings (SSSR count). The van der Waals surface area contributed by atoms with Crippen molar-refractivity contribution in [1.29, 1.82) is 0 Å². The predicted molar refractivity (Wildman–Crippen MR) is 72.6 cm³/mol. The molecule has 0 fully saturated rings. The zero-order valence-electron chi connectivity index (χ0n) is 11.6. The van der Waals surface area contributed by atoms with Crippen LogP contribution < -0.4 is 15.4 Å². The highest BCUT2D eigenvalue weighted by molar-refractivity contribution is 5.77. The average molecular weight is 268 g/mol. The van der Waals surface area contributed by atoms with E-state index in [1.165, 1.54) is 12.1 Å². The summed E-state index contributed by atoms with van der Waals surface area (Å²) in [6, 6.07) is 4.39. The number of halogens is 1. The molecule has 2 N–H and O–H groups in total. The van der Waals surface area contributed by atoms with Crippen molar-refractivity contribution in [2.24, 2.45) is 0 Å². The molecule has 0 aliphatic rings. The van der Waals surface area contributed by atoms with Crippen LogP contribution in [0.4, 0.5) is 4.39 Å². The molecule has 0 aromatic heterocycles. The largest absolute Gasteiger partial charge is 0.483 e. The minimum atomic E-state index is -0.318. The molecule has 0 saturated heterocycles. The minimum absolute atomic E-state index is 0.0628. The number of carbonyl (C=O) groups excluding carboxylic acids is 1. The second-order valence-electron chi connectivity index (χ2n) is 4.45. The highest BCUT2D eigenvalue weighted by Gasteiger charge is 2.09. The zero-order valence-corrected chi connectivity index (χ0v) is 11.6. The van der Waals surface area contributed by atoms with Crippen LogP contribution in [0.1, 0.15) is 25.8 Å². The van der Waals surface area contributed by atoms with Crippen LogP contribution in [0, 0.1) is 5.82 Å². The van der Waals surface area contributed by atoms with Gasteiger partial charge in [0, 0.05) is 18.2 Å². The molecule has 0 spiro atoms. The quantitative estimate of drug-likeness (QED) is 0.793. The van der Waals surface area contributed by atoms with Gasteiger partial charge in [-0.1, -0.05) is 6.92 Å². The summed E-state index contributed by atoms with van der Waals surface area (Å²) in [5.74, 6) is 0.0331. The maximum absolute atomic E-state index is 13.1. The highest BCUT2D eigenvalue weighted by Crippen LogP contribution is 2.19. The number of hydrogen-bond donors (Lipinski definition) is 2. The van der Waals surface area contributed by atoms with Crippen molar-refractivity contribution in [2.75, 3.05) is 13.7 Å². The van der Waals surface area contributed by atoms with E-state index < -0.39 is 0 Å². The van der Waals surface area contributed by atoms with Gasteiger partial charge in [0.15, 0.2) is 6.61 Å². The van der Waals surface area contributed by atoms with Crippen molar-refractivity contribution in [3.05, 3.63) is 29.6 Å². The summed E-state index contributed by atoms with van der Waals surface area (Å²) in [6.07, 6.45) is 0.868. The molecule has 1 amide bonds. The summed E-state index contributed by atoms with van der Waals surface area (Å²) in [5, 5.41) is 5.74. The van der Waals surface area contributed by atoms with Crippen molar-refractivity contribution in [2.45, 2.75) is 32.9 Å². The Kier molecular flexibility index (Phi) is 6.29. The standard InChI is InChI=1S/C14H21FN2O2/c1-4-10(2)17-14(18)9-19-13-6-5-12(15)7-11(13)8-16-3/h5-7,10,16H,4,8-9H2,1-3H3,(H,17,18). The van der Waals surface area contributed by atoms with Gasteiger partial charge in [-0.25, -0.2) is 4.39 Å². The zero-order chi connectivity index (χ0) is 14.3. The van der Waals surface area contributed by atoms with E-state index in [-0.39, 0.29) is 24.4 Å². The third-order valence-electron chi connectivity index (χ3n) is 2.77. The fraction of sp³-hybridized carbons (Fsp3) is 0.500. The van der Waals surface area contributed by atoms with Gasteiger partial charge < -0.3 is 15.4 Å². The van der Waals surface area contributed by atoms with Crippen molar-refractivity contribution in [3.8, 4) is 5.75 Å². The summed E-state index contributed by atoms with van der Waals surface area (Å²) in [6.45, 7) is 4.35. The number of hydrogen-bond acceptors (Lipinski definition) is 3. The van der Waals surface area contributed by atoms with Crippen LogP contribution in [0.2, 0.25) is 0 Å². The Hall–Kier alpha value is -1.62. The second-order valence-corrected chi connectivity index (χ2v) is 4.45. The molecule has 0 bridgehead atoms. The van der Waals surface area contributed by atoms with Crippen molar-refractivity contribution >= 4 is 5.91 Å². The number of ether oxygens (including phenoxy) is 1. The molecule has 5 heteroatoms. The highest BCUT2D eigenvalue weighted by atomic mass is 19.1. The Balaban J connectivity index is 2.59. The maximum Gasteiger partial charge on any atom is 0.258 e. The van der Waals surface area contributed by atoms with Gasteiger partial charge in [-0.15, -0.1) is 0 Å². The van der Waals surface area contributed by atoms with E-state index in [4.69, 9.17) is 4.74 Å². The Morgan fingerprint density at radius 1 is 1.47 bits per heavy atom. The van der Waals surface area contributed by atoms with E-state index in [0.29, 0.717) is 17.9 Å². The lowest BCUT2D eigenvalue weighted by atomic mass is 10.2. The molecule has 0 saturated carbocycles. The number of amides is 1. The molecular formula is C14H21FN2O2. The van der Waals surface area contributed by atoms with Gasteiger partial charge in [-0.2, -0.15) is 0 Å². The minimum Gasteiger partial charge on any atom is -0.483 e. The van der Waals surface area contributed by atoms with E-state index in [1.807, 2.05) is 13.8 Å². The number of carbonyl (C=O) groups is 1. The van der Waals surface area contributed by atoms with Gasteiger partial charge in [-0.05, 0) is 38.6 Å². The molecule has 0 aliphatic carbocycles. The molecule has 0 radical (unpaired) electrons. The first-order valence-corrected chi connectivity index (χ1v) is 6.42. The first kappa shape index (κ1) is 15.4. The fourth-order valence-electron chi connectivity index (χ4n) is 1.58. The third-order valence-corrected chi connectivity index (χ3v) is 2.77. The van der Waals surface area contributed by atoms with Crippen LogP contribution >= 0.6 is 0 Å². The Morgan fingerprint density at radius 2 is 2.21 bits per heavy atom. The van der Waals surface area contributed by atoms with Crippen molar-refractivity contribution in [1.82, 2.24) is 10.6 Å². The predicted octanol–water partition coefficient (Wildman–Crippen LogP) is 1.84.